The number of hydrogen-bond acceptors (Lipinski definition) is 5. The number of likely N-dealkylation sites (tertiary alicyclic amines) is 1. The summed E-state index contributed by atoms with van der Waals surface area (Å²) < 4.78 is 5.52. The van der Waals surface area contributed by atoms with Crippen LogP contribution in [0, 0.1) is 0 Å². The Labute approximate surface area is 186 Å². The van der Waals surface area contributed by atoms with E-state index in [1.54, 1.807) is 30.3 Å². The Morgan fingerprint density at radius 3 is 2.53 bits per heavy atom. The molecule has 0 aliphatic carbocycles. The molecule has 0 bridgehead atoms. The van der Waals surface area contributed by atoms with Gasteiger partial charge in [0.2, 0.25) is 0 Å². The molecule has 32 heavy (non-hydrogen) atoms. The molecular weight excluding hydrogens is 406 g/mol. The largest absolute Gasteiger partial charge is 0.507 e. The normalized spacial score (nSPS) is 17.8. The molecule has 1 fully saturated rings. The number of hydrogen-bond donors (Lipinski definition) is 2. The Balaban J connectivity index is 1.85. The average Bonchev–Trinajstić information content (AvgIpc) is 3.07. The number of rotatable bonds is 7. The second kappa shape index (κ2) is 9.24. The molecule has 1 aliphatic heterocycles. The van der Waals surface area contributed by atoms with Gasteiger partial charge in [-0.1, -0.05) is 55.5 Å². The maximum absolute atomic E-state index is 13.0. The molecule has 1 saturated heterocycles. The lowest BCUT2D eigenvalue weighted by Crippen LogP contribution is -2.30. The van der Waals surface area contributed by atoms with E-state index in [4.69, 9.17) is 9.84 Å². The number of Topliss-reactive ketones (excluding diaryl/α,β-unsaturated/α-hetero) is 1. The van der Waals surface area contributed by atoms with E-state index in [1.807, 2.05) is 43.3 Å². The fourth-order valence-corrected chi connectivity index (χ4v) is 4.13. The number of aliphatic hydroxyl groups excluding tert-OH is 2. The van der Waals surface area contributed by atoms with Crippen molar-refractivity contribution in [2.75, 3.05) is 19.8 Å². The molecule has 3 aromatic carbocycles. The predicted octanol–water partition coefficient (Wildman–Crippen LogP) is 4.04. The third-order valence-electron chi connectivity index (χ3n) is 5.56. The van der Waals surface area contributed by atoms with Crippen molar-refractivity contribution in [3.63, 3.8) is 0 Å². The van der Waals surface area contributed by atoms with Crippen LogP contribution in [0.3, 0.4) is 0 Å². The standard InChI is InChI=1S/C26H25NO5/c1-2-12-27-23(19-8-5-9-21(16-19)32-14-13-28)22(25(30)26(27)31)24(29)20-11-10-17-6-3-4-7-18(17)15-20/h3-11,15-16,23,28-29H,2,12-14H2,1H3/b24-22-. The highest BCUT2D eigenvalue weighted by Gasteiger charge is 2.45. The smallest absolute Gasteiger partial charge is 0.295 e. The molecule has 1 atom stereocenters. The zero-order chi connectivity index (χ0) is 22.7. The molecule has 4 rings (SSSR count). The van der Waals surface area contributed by atoms with Crippen LogP contribution in [0.25, 0.3) is 16.5 Å². The highest BCUT2D eigenvalue weighted by Crippen LogP contribution is 2.40. The SMILES string of the molecule is CCCN1C(=O)C(=O)/C(=C(\O)c2ccc3ccccc3c2)C1c1cccc(OCCO)c1. The van der Waals surface area contributed by atoms with Crippen LogP contribution in [0.2, 0.25) is 0 Å². The Morgan fingerprint density at radius 1 is 1.00 bits per heavy atom. The second-order valence-corrected chi connectivity index (χ2v) is 7.70. The summed E-state index contributed by atoms with van der Waals surface area (Å²) in [6, 6.07) is 19.5. The number of aliphatic hydroxyl groups is 2. The molecule has 0 radical (unpaired) electrons. The molecule has 1 unspecified atom stereocenters. The summed E-state index contributed by atoms with van der Waals surface area (Å²) in [6.07, 6.45) is 0.667. The van der Waals surface area contributed by atoms with Crippen LogP contribution in [0.15, 0.2) is 72.3 Å². The van der Waals surface area contributed by atoms with Gasteiger partial charge in [-0.3, -0.25) is 9.59 Å². The van der Waals surface area contributed by atoms with E-state index >= 15 is 0 Å². The molecule has 164 valence electrons. The first-order valence-electron chi connectivity index (χ1n) is 10.7. The Hall–Kier alpha value is -3.64. The molecule has 2 N–H and O–H groups in total. The van der Waals surface area contributed by atoms with Gasteiger partial charge in [0.25, 0.3) is 11.7 Å². The molecule has 1 amide bonds. The predicted molar refractivity (Wildman–Crippen MR) is 122 cm³/mol. The average molecular weight is 431 g/mol. The van der Waals surface area contributed by atoms with Gasteiger partial charge in [-0.05, 0) is 41.0 Å². The van der Waals surface area contributed by atoms with Crippen molar-refractivity contribution in [3.05, 3.63) is 83.4 Å². The third kappa shape index (κ3) is 3.97. The molecule has 6 nitrogen and oxygen atoms in total. The van der Waals surface area contributed by atoms with E-state index in [9.17, 15) is 14.7 Å². The van der Waals surface area contributed by atoms with Crippen LogP contribution in [0.5, 0.6) is 5.75 Å². The van der Waals surface area contributed by atoms with Gasteiger partial charge in [0, 0.05) is 12.1 Å². The van der Waals surface area contributed by atoms with Gasteiger partial charge >= 0.3 is 0 Å². The third-order valence-corrected chi connectivity index (χ3v) is 5.56. The highest BCUT2D eigenvalue weighted by molar-refractivity contribution is 6.46. The first-order chi connectivity index (χ1) is 15.5. The van der Waals surface area contributed by atoms with Crippen molar-refractivity contribution < 1.29 is 24.5 Å². The molecule has 1 heterocycles. The zero-order valence-electron chi connectivity index (χ0n) is 17.8. The molecule has 6 heteroatoms. The highest BCUT2D eigenvalue weighted by atomic mass is 16.5. The molecular formula is C26H25NO5. The first kappa shape index (κ1) is 21.6. The van der Waals surface area contributed by atoms with Crippen molar-refractivity contribution in [1.82, 2.24) is 4.90 Å². The summed E-state index contributed by atoms with van der Waals surface area (Å²) in [5.41, 5.74) is 1.21. The number of carbonyl (C=O) groups is 2. The van der Waals surface area contributed by atoms with Crippen LogP contribution >= 0.6 is 0 Å². The Morgan fingerprint density at radius 2 is 1.78 bits per heavy atom. The molecule has 0 aromatic heterocycles. The number of benzene rings is 3. The van der Waals surface area contributed by atoms with Gasteiger partial charge in [0.15, 0.2) is 0 Å². The van der Waals surface area contributed by atoms with E-state index < -0.39 is 17.7 Å². The van der Waals surface area contributed by atoms with E-state index in [2.05, 4.69) is 0 Å². The number of amides is 1. The molecule has 0 spiro atoms. The zero-order valence-corrected chi connectivity index (χ0v) is 17.8. The first-order valence-corrected chi connectivity index (χ1v) is 10.7. The number of carbonyl (C=O) groups excluding carboxylic acids is 2. The van der Waals surface area contributed by atoms with Gasteiger partial charge in [0.1, 0.15) is 18.1 Å². The summed E-state index contributed by atoms with van der Waals surface area (Å²) in [7, 11) is 0. The summed E-state index contributed by atoms with van der Waals surface area (Å²) in [5.74, 6) is -1.000. The minimum Gasteiger partial charge on any atom is -0.507 e. The van der Waals surface area contributed by atoms with Crippen LogP contribution in [-0.4, -0.2) is 46.6 Å². The van der Waals surface area contributed by atoms with Crippen molar-refractivity contribution in [2.24, 2.45) is 0 Å². The van der Waals surface area contributed by atoms with Crippen molar-refractivity contribution >= 4 is 28.2 Å². The summed E-state index contributed by atoms with van der Waals surface area (Å²) in [4.78, 5) is 27.4. The van der Waals surface area contributed by atoms with E-state index in [1.165, 1.54) is 4.90 Å². The number of fused-ring (bicyclic) bond motifs is 1. The summed E-state index contributed by atoms with van der Waals surface area (Å²) >= 11 is 0. The maximum atomic E-state index is 13.0. The van der Waals surface area contributed by atoms with Crippen LogP contribution in [-0.2, 0) is 9.59 Å². The summed E-state index contributed by atoms with van der Waals surface area (Å²) in [6.45, 7) is 2.32. The topological polar surface area (TPSA) is 87.1 Å². The molecule has 0 saturated carbocycles. The maximum Gasteiger partial charge on any atom is 0.295 e. The Bertz CT molecular complexity index is 1200. The van der Waals surface area contributed by atoms with Crippen LogP contribution in [0.1, 0.15) is 30.5 Å². The van der Waals surface area contributed by atoms with Gasteiger partial charge in [-0.25, -0.2) is 0 Å². The van der Waals surface area contributed by atoms with Crippen LogP contribution in [0.4, 0.5) is 0 Å². The number of nitrogens with zero attached hydrogens (tertiary/aromatic N) is 1. The van der Waals surface area contributed by atoms with Crippen molar-refractivity contribution in [1.29, 1.82) is 0 Å². The quantitative estimate of drug-likeness (QED) is 0.335. The van der Waals surface area contributed by atoms with Crippen LogP contribution < -0.4 is 4.74 Å². The minimum atomic E-state index is -0.723. The van der Waals surface area contributed by atoms with Gasteiger partial charge in [-0.15, -0.1) is 0 Å². The van der Waals surface area contributed by atoms with Crippen molar-refractivity contribution in [2.45, 2.75) is 19.4 Å². The van der Waals surface area contributed by atoms with Crippen molar-refractivity contribution in [3.8, 4) is 5.75 Å². The fraction of sp³-hybridized carbons (Fsp3) is 0.231. The minimum absolute atomic E-state index is 0.0676. The van der Waals surface area contributed by atoms with Gasteiger partial charge < -0.3 is 19.8 Å². The molecule has 1 aliphatic rings. The monoisotopic (exact) mass is 431 g/mol. The second-order valence-electron chi connectivity index (χ2n) is 7.70. The lowest BCUT2D eigenvalue weighted by atomic mass is 9.94. The van der Waals surface area contributed by atoms with E-state index in [-0.39, 0.29) is 24.5 Å². The number of ketones is 1. The van der Waals surface area contributed by atoms with Gasteiger partial charge in [0.05, 0.1) is 18.2 Å². The lowest BCUT2D eigenvalue weighted by Gasteiger charge is -2.25. The lowest BCUT2D eigenvalue weighted by molar-refractivity contribution is -0.139. The molecule has 3 aromatic rings. The number of ether oxygens (including phenoxy) is 1. The van der Waals surface area contributed by atoms with Gasteiger partial charge in [-0.2, -0.15) is 0 Å². The van der Waals surface area contributed by atoms with E-state index in [0.717, 1.165) is 10.8 Å². The van der Waals surface area contributed by atoms with E-state index in [0.29, 0.717) is 29.8 Å². The Kier molecular flexibility index (Phi) is 6.23. The fourth-order valence-electron chi connectivity index (χ4n) is 4.13. The summed E-state index contributed by atoms with van der Waals surface area (Å²) in [5, 5.41) is 22.2.